The molecule has 0 saturated carbocycles. The molecule has 14 heavy (non-hydrogen) atoms. The molecule has 1 N–H and O–H groups in total. The summed E-state index contributed by atoms with van der Waals surface area (Å²) in [7, 11) is 0. The summed E-state index contributed by atoms with van der Waals surface area (Å²) in [5.74, 6) is 0. The minimum absolute atomic E-state index is 0.201. The summed E-state index contributed by atoms with van der Waals surface area (Å²) in [5, 5.41) is 10.8. The van der Waals surface area contributed by atoms with Crippen molar-refractivity contribution in [1.82, 2.24) is 4.57 Å². The van der Waals surface area contributed by atoms with Crippen LogP contribution in [0.15, 0.2) is 28.7 Å². The van der Waals surface area contributed by atoms with E-state index in [0.717, 1.165) is 17.4 Å². The van der Waals surface area contributed by atoms with E-state index in [9.17, 15) is 5.11 Å². The van der Waals surface area contributed by atoms with E-state index in [-0.39, 0.29) is 6.10 Å². The number of aliphatic hydroxyl groups excluding tert-OH is 1. The van der Waals surface area contributed by atoms with Gasteiger partial charge in [0.1, 0.15) is 0 Å². The molecule has 1 aromatic heterocycles. The molecule has 0 amide bonds. The Morgan fingerprint density at radius 3 is 3.14 bits per heavy atom. The normalized spacial score (nSPS) is 20.3. The smallest absolute Gasteiger partial charge is 0.0773 e. The second-order valence-corrected chi connectivity index (χ2v) is 4.63. The van der Waals surface area contributed by atoms with Crippen molar-refractivity contribution in [2.24, 2.45) is 0 Å². The maximum Gasteiger partial charge on any atom is 0.0773 e. The number of aliphatic hydroxyl groups is 1. The van der Waals surface area contributed by atoms with Gasteiger partial charge >= 0.3 is 0 Å². The quantitative estimate of drug-likeness (QED) is 0.764. The first-order chi connectivity index (χ1) is 6.75. The monoisotopic (exact) mass is 251 g/mol. The molecule has 0 bridgehead atoms. The van der Waals surface area contributed by atoms with Crippen LogP contribution < -0.4 is 0 Å². The average Bonchev–Trinajstić information content (AvgIpc) is 2.63. The van der Waals surface area contributed by atoms with Crippen molar-refractivity contribution >= 4 is 26.8 Å². The van der Waals surface area contributed by atoms with Crippen LogP contribution in [0.1, 0.15) is 5.69 Å². The predicted molar refractivity (Wildman–Crippen MR) is 59.3 cm³/mol. The van der Waals surface area contributed by atoms with E-state index >= 15 is 0 Å². The van der Waals surface area contributed by atoms with Crippen molar-refractivity contribution in [3.8, 4) is 0 Å². The highest BCUT2D eigenvalue weighted by molar-refractivity contribution is 9.10. The lowest BCUT2D eigenvalue weighted by Crippen LogP contribution is -2.06. The number of benzene rings is 1. The molecule has 3 heteroatoms. The SMILES string of the molecule is OC1Cc2cc3c(Br)cccc3n2C1. The molecule has 0 aliphatic carbocycles. The van der Waals surface area contributed by atoms with Crippen LogP contribution in [0.2, 0.25) is 0 Å². The molecule has 0 fully saturated rings. The number of hydrogen-bond donors (Lipinski definition) is 1. The molecular weight excluding hydrogens is 242 g/mol. The fraction of sp³-hybridized carbons (Fsp3) is 0.273. The topological polar surface area (TPSA) is 25.2 Å². The molecule has 3 rings (SSSR count). The number of fused-ring (bicyclic) bond motifs is 3. The summed E-state index contributed by atoms with van der Waals surface area (Å²) in [5.41, 5.74) is 2.45. The maximum absolute atomic E-state index is 9.54. The molecule has 1 aliphatic rings. The van der Waals surface area contributed by atoms with Gasteiger partial charge in [-0.2, -0.15) is 0 Å². The van der Waals surface area contributed by atoms with Gasteiger partial charge in [-0.1, -0.05) is 22.0 Å². The highest BCUT2D eigenvalue weighted by Gasteiger charge is 2.21. The van der Waals surface area contributed by atoms with Gasteiger partial charge in [0.25, 0.3) is 0 Å². The van der Waals surface area contributed by atoms with Crippen molar-refractivity contribution in [3.63, 3.8) is 0 Å². The molecule has 1 aromatic carbocycles. The average molecular weight is 252 g/mol. The van der Waals surface area contributed by atoms with Crippen molar-refractivity contribution in [2.75, 3.05) is 0 Å². The Balaban J connectivity index is 2.33. The Hall–Kier alpha value is -0.800. The van der Waals surface area contributed by atoms with E-state index in [4.69, 9.17) is 0 Å². The first kappa shape index (κ1) is 8.50. The first-order valence-corrected chi connectivity index (χ1v) is 5.50. The standard InChI is InChI=1S/C11H10BrNO/c12-10-2-1-3-11-9(10)5-7-4-8(14)6-13(7)11/h1-3,5,8,14H,4,6H2. The molecule has 2 nitrogen and oxygen atoms in total. The zero-order valence-electron chi connectivity index (χ0n) is 7.57. The predicted octanol–water partition coefficient (Wildman–Crippen LogP) is 2.32. The van der Waals surface area contributed by atoms with E-state index in [0.29, 0.717) is 0 Å². The van der Waals surface area contributed by atoms with Crippen molar-refractivity contribution in [3.05, 3.63) is 34.4 Å². The van der Waals surface area contributed by atoms with Crippen LogP contribution in [-0.2, 0) is 13.0 Å². The lowest BCUT2D eigenvalue weighted by atomic mass is 10.2. The molecule has 0 saturated heterocycles. The van der Waals surface area contributed by atoms with Crippen LogP contribution in [0.5, 0.6) is 0 Å². The lowest BCUT2D eigenvalue weighted by molar-refractivity contribution is 0.176. The second-order valence-electron chi connectivity index (χ2n) is 3.78. The fourth-order valence-corrected chi connectivity index (χ4v) is 2.67. The molecule has 1 atom stereocenters. The molecule has 72 valence electrons. The van der Waals surface area contributed by atoms with E-state index in [1.54, 1.807) is 0 Å². The molecule has 1 unspecified atom stereocenters. The van der Waals surface area contributed by atoms with Crippen LogP contribution >= 0.6 is 15.9 Å². The second kappa shape index (κ2) is 2.84. The van der Waals surface area contributed by atoms with E-state index < -0.39 is 0 Å². The Labute approximate surface area is 90.3 Å². The van der Waals surface area contributed by atoms with E-state index in [1.165, 1.54) is 16.6 Å². The van der Waals surface area contributed by atoms with Crippen LogP contribution in [-0.4, -0.2) is 15.8 Å². The summed E-state index contributed by atoms with van der Waals surface area (Å²) in [6, 6.07) is 8.34. The van der Waals surface area contributed by atoms with Gasteiger partial charge in [0, 0.05) is 34.0 Å². The van der Waals surface area contributed by atoms with Crippen LogP contribution in [0.3, 0.4) is 0 Å². The van der Waals surface area contributed by atoms with Crippen LogP contribution in [0.4, 0.5) is 0 Å². The zero-order chi connectivity index (χ0) is 9.71. The maximum atomic E-state index is 9.54. The third-order valence-corrected chi connectivity index (χ3v) is 3.51. The Bertz CT molecular complexity index is 503. The highest BCUT2D eigenvalue weighted by atomic mass is 79.9. The van der Waals surface area contributed by atoms with Gasteiger partial charge in [-0.15, -0.1) is 0 Å². The summed E-state index contributed by atoms with van der Waals surface area (Å²) in [4.78, 5) is 0. The highest BCUT2D eigenvalue weighted by Crippen LogP contribution is 2.30. The molecular formula is C11H10BrNO. The van der Waals surface area contributed by atoms with Gasteiger partial charge in [0.05, 0.1) is 6.10 Å². The van der Waals surface area contributed by atoms with Gasteiger partial charge < -0.3 is 9.67 Å². The third kappa shape index (κ3) is 1.06. The van der Waals surface area contributed by atoms with Crippen LogP contribution in [0.25, 0.3) is 10.9 Å². The largest absolute Gasteiger partial charge is 0.391 e. The minimum atomic E-state index is -0.201. The molecule has 1 aliphatic heterocycles. The number of nitrogens with zero attached hydrogens (tertiary/aromatic N) is 1. The molecule has 0 spiro atoms. The molecule has 2 heterocycles. The number of hydrogen-bond acceptors (Lipinski definition) is 1. The van der Waals surface area contributed by atoms with Crippen LogP contribution in [0, 0.1) is 0 Å². The Kier molecular flexibility index (Phi) is 1.73. The Morgan fingerprint density at radius 2 is 2.29 bits per heavy atom. The fourth-order valence-electron chi connectivity index (χ4n) is 2.20. The van der Waals surface area contributed by atoms with Gasteiger partial charge in [-0.05, 0) is 18.2 Å². The van der Waals surface area contributed by atoms with Crippen molar-refractivity contribution in [1.29, 1.82) is 0 Å². The molecule has 0 radical (unpaired) electrons. The van der Waals surface area contributed by atoms with E-state index in [1.807, 2.05) is 6.07 Å². The minimum Gasteiger partial charge on any atom is -0.391 e. The number of halogens is 1. The lowest BCUT2D eigenvalue weighted by Gasteiger charge is -2.02. The summed E-state index contributed by atoms with van der Waals surface area (Å²) in [6.07, 6.45) is 0.578. The Morgan fingerprint density at radius 1 is 1.43 bits per heavy atom. The summed E-state index contributed by atoms with van der Waals surface area (Å²) in [6.45, 7) is 0.731. The number of rotatable bonds is 0. The third-order valence-electron chi connectivity index (χ3n) is 2.82. The van der Waals surface area contributed by atoms with Crippen molar-refractivity contribution < 1.29 is 5.11 Å². The van der Waals surface area contributed by atoms with Gasteiger partial charge in [-0.25, -0.2) is 0 Å². The van der Waals surface area contributed by atoms with Gasteiger partial charge in [0.15, 0.2) is 0 Å². The van der Waals surface area contributed by atoms with Gasteiger partial charge in [-0.3, -0.25) is 0 Å². The summed E-state index contributed by atoms with van der Waals surface area (Å²) < 4.78 is 3.33. The zero-order valence-corrected chi connectivity index (χ0v) is 9.16. The molecule has 2 aromatic rings. The summed E-state index contributed by atoms with van der Waals surface area (Å²) >= 11 is 3.54. The first-order valence-electron chi connectivity index (χ1n) is 4.70. The van der Waals surface area contributed by atoms with Gasteiger partial charge in [0.2, 0.25) is 0 Å². The number of aromatic nitrogens is 1. The van der Waals surface area contributed by atoms with E-state index in [2.05, 4.69) is 38.7 Å². The van der Waals surface area contributed by atoms with Crippen molar-refractivity contribution in [2.45, 2.75) is 19.1 Å².